The van der Waals surface area contributed by atoms with Gasteiger partial charge in [-0.2, -0.15) is 5.10 Å². The highest BCUT2D eigenvalue weighted by molar-refractivity contribution is 5.98. The molecule has 1 aromatic heterocycles. The molecule has 2 aromatic carbocycles. The van der Waals surface area contributed by atoms with Gasteiger partial charge in [-0.1, -0.05) is 45.0 Å². The Kier molecular flexibility index (Phi) is 3.24. The van der Waals surface area contributed by atoms with E-state index >= 15 is 0 Å². The number of rotatable bonds is 2. The summed E-state index contributed by atoms with van der Waals surface area (Å²) in [6, 6.07) is 13.2. The van der Waals surface area contributed by atoms with Gasteiger partial charge in [0, 0.05) is 10.9 Å². The lowest BCUT2D eigenvalue weighted by molar-refractivity contribution is 0.0697. The van der Waals surface area contributed by atoms with E-state index < -0.39 is 5.97 Å². The van der Waals surface area contributed by atoms with E-state index in [9.17, 15) is 4.79 Å². The Morgan fingerprint density at radius 1 is 1.09 bits per heavy atom. The summed E-state index contributed by atoms with van der Waals surface area (Å²) in [7, 11) is 0. The standard InChI is InChI=1S/C18H18N2O2/c1-18(2,3)13-7-4-11(5-8-13)16-14-10-12(17(21)22)6-9-15(14)19-20-16/h4-10H,1-3H3,(H,19,20)(H,21,22). The molecule has 4 heteroatoms. The van der Waals surface area contributed by atoms with Crippen LogP contribution in [0.15, 0.2) is 42.5 Å². The summed E-state index contributed by atoms with van der Waals surface area (Å²) in [6.45, 7) is 6.52. The monoisotopic (exact) mass is 294 g/mol. The van der Waals surface area contributed by atoms with Crippen LogP contribution < -0.4 is 0 Å². The molecule has 0 aliphatic carbocycles. The largest absolute Gasteiger partial charge is 0.478 e. The van der Waals surface area contributed by atoms with Crippen LogP contribution in [0, 0.1) is 0 Å². The quantitative estimate of drug-likeness (QED) is 0.743. The van der Waals surface area contributed by atoms with Crippen LogP contribution in [0.4, 0.5) is 0 Å². The maximum Gasteiger partial charge on any atom is 0.335 e. The minimum absolute atomic E-state index is 0.0999. The van der Waals surface area contributed by atoms with Gasteiger partial charge in [0.15, 0.2) is 0 Å². The van der Waals surface area contributed by atoms with Crippen molar-refractivity contribution >= 4 is 16.9 Å². The zero-order valence-electron chi connectivity index (χ0n) is 12.8. The molecule has 0 spiro atoms. The average molecular weight is 294 g/mol. The fourth-order valence-corrected chi connectivity index (χ4v) is 2.50. The fourth-order valence-electron chi connectivity index (χ4n) is 2.50. The van der Waals surface area contributed by atoms with Crippen LogP contribution in [0.25, 0.3) is 22.2 Å². The van der Waals surface area contributed by atoms with Crippen molar-refractivity contribution in [1.82, 2.24) is 10.2 Å². The van der Waals surface area contributed by atoms with Crippen molar-refractivity contribution in [3.63, 3.8) is 0 Å². The van der Waals surface area contributed by atoms with E-state index in [4.69, 9.17) is 5.11 Å². The van der Waals surface area contributed by atoms with Gasteiger partial charge in [-0.15, -0.1) is 0 Å². The Bertz CT molecular complexity index is 840. The zero-order chi connectivity index (χ0) is 15.9. The number of H-pyrrole nitrogens is 1. The maximum absolute atomic E-state index is 11.1. The molecule has 0 bridgehead atoms. The van der Waals surface area contributed by atoms with E-state index in [1.807, 2.05) is 12.1 Å². The summed E-state index contributed by atoms with van der Waals surface area (Å²) in [4.78, 5) is 11.1. The van der Waals surface area contributed by atoms with Crippen molar-refractivity contribution < 1.29 is 9.90 Å². The highest BCUT2D eigenvalue weighted by Gasteiger charge is 2.15. The SMILES string of the molecule is CC(C)(C)c1ccc(-c2n[nH]c3ccc(C(=O)O)cc23)cc1. The van der Waals surface area contributed by atoms with Gasteiger partial charge in [-0.05, 0) is 29.2 Å². The van der Waals surface area contributed by atoms with Crippen LogP contribution in [0.2, 0.25) is 0 Å². The number of carbonyl (C=O) groups is 1. The molecule has 0 atom stereocenters. The number of hydrogen-bond acceptors (Lipinski definition) is 2. The molecule has 0 saturated carbocycles. The highest BCUT2D eigenvalue weighted by Crippen LogP contribution is 2.29. The van der Waals surface area contributed by atoms with E-state index in [0.29, 0.717) is 0 Å². The van der Waals surface area contributed by atoms with Gasteiger partial charge in [0.25, 0.3) is 0 Å². The first-order valence-electron chi connectivity index (χ1n) is 7.18. The number of carboxylic acids is 1. The zero-order valence-corrected chi connectivity index (χ0v) is 12.8. The van der Waals surface area contributed by atoms with E-state index in [1.54, 1.807) is 18.2 Å². The lowest BCUT2D eigenvalue weighted by atomic mass is 9.86. The van der Waals surface area contributed by atoms with Gasteiger partial charge >= 0.3 is 5.97 Å². The minimum Gasteiger partial charge on any atom is -0.478 e. The second-order valence-corrected chi connectivity index (χ2v) is 6.47. The number of aromatic amines is 1. The van der Waals surface area contributed by atoms with Gasteiger partial charge in [-0.25, -0.2) is 4.79 Å². The fraction of sp³-hybridized carbons (Fsp3) is 0.222. The van der Waals surface area contributed by atoms with Crippen LogP contribution in [0.3, 0.4) is 0 Å². The minimum atomic E-state index is -0.933. The molecule has 0 amide bonds. The van der Waals surface area contributed by atoms with Crippen LogP contribution in [-0.2, 0) is 5.41 Å². The van der Waals surface area contributed by atoms with Gasteiger partial charge < -0.3 is 5.11 Å². The van der Waals surface area contributed by atoms with E-state index in [1.165, 1.54) is 5.56 Å². The lowest BCUT2D eigenvalue weighted by Gasteiger charge is -2.18. The van der Waals surface area contributed by atoms with Gasteiger partial charge in [0.2, 0.25) is 0 Å². The van der Waals surface area contributed by atoms with Crippen LogP contribution in [-0.4, -0.2) is 21.3 Å². The average Bonchev–Trinajstić information content (AvgIpc) is 2.89. The molecule has 112 valence electrons. The molecular formula is C18H18N2O2. The molecule has 1 heterocycles. The number of aromatic nitrogens is 2. The summed E-state index contributed by atoms with van der Waals surface area (Å²) in [6.07, 6.45) is 0. The Morgan fingerprint density at radius 2 is 1.77 bits per heavy atom. The number of benzene rings is 2. The smallest absolute Gasteiger partial charge is 0.335 e. The van der Waals surface area contributed by atoms with Gasteiger partial charge in [0.1, 0.15) is 0 Å². The van der Waals surface area contributed by atoms with Crippen LogP contribution >= 0.6 is 0 Å². The molecule has 0 radical (unpaired) electrons. The molecule has 3 aromatic rings. The van der Waals surface area contributed by atoms with E-state index in [2.05, 4.69) is 43.1 Å². The number of aromatic carboxylic acids is 1. The molecule has 0 aliphatic rings. The molecule has 4 nitrogen and oxygen atoms in total. The Balaban J connectivity index is 2.10. The Hall–Kier alpha value is -2.62. The highest BCUT2D eigenvalue weighted by atomic mass is 16.4. The predicted octanol–water partition coefficient (Wildman–Crippen LogP) is 4.23. The summed E-state index contributed by atoms with van der Waals surface area (Å²) in [5.41, 5.74) is 4.20. The third-order valence-electron chi connectivity index (χ3n) is 3.83. The number of nitrogens with zero attached hydrogens (tertiary/aromatic N) is 1. The van der Waals surface area contributed by atoms with E-state index in [0.717, 1.165) is 22.2 Å². The molecule has 22 heavy (non-hydrogen) atoms. The first kappa shape index (κ1) is 14.3. The molecular weight excluding hydrogens is 276 g/mol. The number of fused-ring (bicyclic) bond motifs is 1. The molecule has 2 N–H and O–H groups in total. The topological polar surface area (TPSA) is 66.0 Å². The van der Waals surface area contributed by atoms with Crippen molar-refractivity contribution in [2.45, 2.75) is 26.2 Å². The second-order valence-electron chi connectivity index (χ2n) is 6.47. The molecule has 0 aliphatic heterocycles. The summed E-state index contributed by atoms with van der Waals surface area (Å²) in [5, 5.41) is 17.3. The molecule has 0 saturated heterocycles. The predicted molar refractivity (Wildman–Crippen MR) is 87.2 cm³/mol. The van der Waals surface area contributed by atoms with Crippen LogP contribution in [0.5, 0.6) is 0 Å². The summed E-state index contributed by atoms with van der Waals surface area (Å²) in [5.74, 6) is -0.933. The van der Waals surface area contributed by atoms with Crippen molar-refractivity contribution in [2.75, 3.05) is 0 Å². The third-order valence-corrected chi connectivity index (χ3v) is 3.83. The first-order valence-corrected chi connectivity index (χ1v) is 7.18. The molecule has 3 rings (SSSR count). The summed E-state index contributed by atoms with van der Waals surface area (Å²) >= 11 is 0. The summed E-state index contributed by atoms with van der Waals surface area (Å²) < 4.78 is 0. The number of hydrogen-bond donors (Lipinski definition) is 2. The third kappa shape index (κ3) is 2.48. The Morgan fingerprint density at radius 3 is 2.36 bits per heavy atom. The van der Waals surface area contributed by atoms with Crippen LogP contribution in [0.1, 0.15) is 36.7 Å². The Labute approximate surface area is 128 Å². The molecule has 0 unspecified atom stereocenters. The molecule has 0 fully saturated rings. The normalized spacial score (nSPS) is 11.8. The van der Waals surface area contributed by atoms with Gasteiger partial charge in [0.05, 0.1) is 16.8 Å². The maximum atomic E-state index is 11.1. The number of nitrogens with one attached hydrogen (secondary N) is 1. The van der Waals surface area contributed by atoms with Crippen molar-refractivity contribution in [1.29, 1.82) is 0 Å². The van der Waals surface area contributed by atoms with Crippen molar-refractivity contribution in [3.05, 3.63) is 53.6 Å². The van der Waals surface area contributed by atoms with Crippen molar-refractivity contribution in [2.24, 2.45) is 0 Å². The van der Waals surface area contributed by atoms with E-state index in [-0.39, 0.29) is 11.0 Å². The second kappa shape index (κ2) is 4.98. The van der Waals surface area contributed by atoms with Crippen molar-refractivity contribution in [3.8, 4) is 11.3 Å². The first-order chi connectivity index (χ1) is 10.4. The number of carboxylic acid groups (broad SMARTS) is 1. The van der Waals surface area contributed by atoms with Gasteiger partial charge in [-0.3, -0.25) is 5.10 Å². The lowest BCUT2D eigenvalue weighted by Crippen LogP contribution is -2.10.